The van der Waals surface area contributed by atoms with Crippen molar-refractivity contribution in [3.63, 3.8) is 0 Å². The number of ether oxygens (including phenoxy) is 1. The molecule has 3 heterocycles. The highest BCUT2D eigenvalue weighted by Crippen LogP contribution is 2.48. The molecule has 3 aliphatic heterocycles. The topological polar surface area (TPSA) is 32.7 Å². The lowest BCUT2D eigenvalue weighted by atomic mass is 9.84. The summed E-state index contributed by atoms with van der Waals surface area (Å²) in [5.41, 5.74) is 5.16. The Morgan fingerprint density at radius 3 is 1.91 bits per heavy atom. The Morgan fingerprint density at radius 2 is 1.35 bits per heavy atom. The summed E-state index contributed by atoms with van der Waals surface area (Å²) in [7, 11) is 0. The summed E-state index contributed by atoms with van der Waals surface area (Å²) >= 11 is 0. The second kappa shape index (κ2) is 4.95. The smallest absolute Gasteiger partial charge is 0.135 e. The fourth-order valence-corrected chi connectivity index (χ4v) is 4.36. The molecule has 3 heteroatoms. The van der Waals surface area contributed by atoms with Crippen LogP contribution < -0.4 is 4.74 Å². The summed E-state index contributed by atoms with van der Waals surface area (Å²) in [6.07, 6.45) is 4.09. The largest absolute Gasteiger partial charge is 0.456 e. The molecule has 0 spiro atoms. The van der Waals surface area contributed by atoms with Crippen LogP contribution in [0.3, 0.4) is 0 Å². The highest BCUT2D eigenvalue weighted by molar-refractivity contribution is 5.89. The number of hydrogen-bond donors (Lipinski definition) is 1. The molecule has 0 radical (unpaired) electrons. The second-order valence-corrected chi connectivity index (χ2v) is 6.75. The zero-order valence-corrected chi connectivity index (χ0v) is 12.9. The van der Waals surface area contributed by atoms with E-state index < -0.39 is 0 Å². The van der Waals surface area contributed by atoms with Crippen molar-refractivity contribution in [2.24, 2.45) is 0 Å². The summed E-state index contributed by atoms with van der Waals surface area (Å²) in [5.74, 6) is 1.87. The molecular formula is C20H19NO2. The third-order valence-electron chi connectivity index (χ3n) is 5.43. The molecule has 2 fully saturated rings. The molecular weight excluding hydrogens is 286 g/mol. The van der Waals surface area contributed by atoms with Crippen LogP contribution >= 0.6 is 0 Å². The number of hydroxylamine groups is 2. The number of rotatable bonds is 0. The van der Waals surface area contributed by atoms with Crippen molar-refractivity contribution in [1.29, 1.82) is 0 Å². The molecule has 3 nitrogen and oxygen atoms in total. The summed E-state index contributed by atoms with van der Waals surface area (Å²) in [6, 6.07) is 17.1. The quantitative estimate of drug-likeness (QED) is 0.658. The minimum Gasteiger partial charge on any atom is -0.456 e. The Bertz CT molecular complexity index is 747. The monoisotopic (exact) mass is 305 g/mol. The third kappa shape index (κ3) is 1.97. The first-order chi connectivity index (χ1) is 11.3. The van der Waals surface area contributed by atoms with Crippen LogP contribution in [0, 0.1) is 0 Å². The molecule has 2 aromatic rings. The maximum Gasteiger partial charge on any atom is 0.135 e. The van der Waals surface area contributed by atoms with Crippen molar-refractivity contribution in [2.75, 3.05) is 0 Å². The van der Waals surface area contributed by atoms with E-state index in [0.717, 1.165) is 37.2 Å². The van der Waals surface area contributed by atoms with Gasteiger partial charge in [-0.25, -0.2) is 0 Å². The van der Waals surface area contributed by atoms with Gasteiger partial charge < -0.3 is 9.94 Å². The molecule has 23 heavy (non-hydrogen) atoms. The number of nitrogens with zero attached hydrogens (tertiary/aromatic N) is 1. The van der Waals surface area contributed by atoms with Gasteiger partial charge in [0, 0.05) is 23.2 Å². The molecule has 2 aromatic carbocycles. The molecule has 2 bridgehead atoms. The standard InChI is InChI=1S/C20H19NO2/c22-21-14-9-10-15(21)12-13(11-14)20-16-5-1-3-7-18(16)23-19-8-4-2-6-17(19)20/h1-8,14-15,22H,9-12H2. The van der Waals surface area contributed by atoms with E-state index in [1.807, 2.05) is 24.3 Å². The minimum absolute atomic E-state index is 0.276. The van der Waals surface area contributed by atoms with Gasteiger partial charge in [-0.3, -0.25) is 0 Å². The van der Waals surface area contributed by atoms with Crippen molar-refractivity contribution < 1.29 is 9.94 Å². The third-order valence-corrected chi connectivity index (χ3v) is 5.43. The van der Waals surface area contributed by atoms with E-state index in [2.05, 4.69) is 24.3 Å². The average Bonchev–Trinajstić information content (AvgIpc) is 2.81. The predicted molar refractivity (Wildman–Crippen MR) is 88.6 cm³/mol. The van der Waals surface area contributed by atoms with Gasteiger partial charge in [0.1, 0.15) is 11.5 Å². The average molecular weight is 305 g/mol. The van der Waals surface area contributed by atoms with Crippen LogP contribution in [0.1, 0.15) is 36.8 Å². The van der Waals surface area contributed by atoms with E-state index in [9.17, 15) is 5.21 Å². The Kier molecular flexibility index (Phi) is 2.87. The van der Waals surface area contributed by atoms with Gasteiger partial charge >= 0.3 is 0 Å². The van der Waals surface area contributed by atoms with Gasteiger partial charge in [-0.2, -0.15) is 5.06 Å². The molecule has 5 rings (SSSR count). The molecule has 2 unspecified atom stereocenters. The summed E-state index contributed by atoms with van der Waals surface area (Å²) in [5, 5.41) is 11.8. The first kappa shape index (κ1) is 13.3. The lowest BCUT2D eigenvalue weighted by molar-refractivity contribution is -0.141. The van der Waals surface area contributed by atoms with Crippen molar-refractivity contribution in [2.45, 2.75) is 37.8 Å². The normalized spacial score (nSPS) is 25.8. The van der Waals surface area contributed by atoms with E-state index in [1.165, 1.54) is 22.3 Å². The van der Waals surface area contributed by atoms with E-state index in [0.29, 0.717) is 0 Å². The number of piperidine rings is 1. The van der Waals surface area contributed by atoms with E-state index in [-0.39, 0.29) is 12.1 Å². The van der Waals surface area contributed by atoms with Crippen LogP contribution in [0.5, 0.6) is 11.5 Å². The van der Waals surface area contributed by atoms with Gasteiger partial charge in [0.05, 0.1) is 0 Å². The van der Waals surface area contributed by atoms with Gasteiger partial charge in [0.2, 0.25) is 0 Å². The van der Waals surface area contributed by atoms with Gasteiger partial charge in [0.25, 0.3) is 0 Å². The number of hydrogen-bond acceptors (Lipinski definition) is 3. The Labute approximate surface area is 135 Å². The Hall–Kier alpha value is -2.10. The molecule has 2 saturated heterocycles. The van der Waals surface area contributed by atoms with Crippen LogP contribution in [-0.4, -0.2) is 22.4 Å². The van der Waals surface area contributed by atoms with Crippen LogP contribution in [0.2, 0.25) is 0 Å². The van der Waals surface area contributed by atoms with Crippen molar-refractivity contribution >= 4 is 5.57 Å². The molecule has 0 saturated carbocycles. The predicted octanol–water partition coefficient (Wildman–Crippen LogP) is 4.61. The number of para-hydroxylation sites is 2. The number of fused-ring (bicyclic) bond motifs is 4. The van der Waals surface area contributed by atoms with Crippen molar-refractivity contribution in [3.05, 3.63) is 65.2 Å². The molecule has 0 amide bonds. The zero-order chi connectivity index (χ0) is 15.4. The highest BCUT2D eigenvalue weighted by Gasteiger charge is 2.39. The molecule has 0 aliphatic carbocycles. The van der Waals surface area contributed by atoms with Crippen LogP contribution in [0.4, 0.5) is 0 Å². The van der Waals surface area contributed by atoms with E-state index >= 15 is 0 Å². The maximum absolute atomic E-state index is 10.2. The van der Waals surface area contributed by atoms with Crippen molar-refractivity contribution in [3.8, 4) is 11.5 Å². The molecule has 0 aromatic heterocycles. The minimum atomic E-state index is 0.276. The van der Waals surface area contributed by atoms with Gasteiger partial charge in [-0.05, 0) is 43.4 Å². The zero-order valence-electron chi connectivity index (χ0n) is 12.9. The van der Waals surface area contributed by atoms with Crippen molar-refractivity contribution in [1.82, 2.24) is 5.06 Å². The fourth-order valence-electron chi connectivity index (χ4n) is 4.36. The van der Waals surface area contributed by atoms with Gasteiger partial charge in [-0.1, -0.05) is 42.0 Å². The molecule has 3 aliphatic rings. The van der Waals surface area contributed by atoms with E-state index in [4.69, 9.17) is 4.74 Å². The first-order valence-corrected chi connectivity index (χ1v) is 8.37. The molecule has 2 atom stereocenters. The number of benzene rings is 2. The molecule has 1 N–H and O–H groups in total. The maximum atomic E-state index is 10.2. The van der Waals surface area contributed by atoms with Gasteiger partial charge in [0.15, 0.2) is 0 Å². The summed E-state index contributed by atoms with van der Waals surface area (Å²) < 4.78 is 6.09. The Balaban J connectivity index is 1.72. The second-order valence-electron chi connectivity index (χ2n) is 6.75. The van der Waals surface area contributed by atoms with Crippen LogP contribution in [0.15, 0.2) is 54.1 Å². The lowest BCUT2D eigenvalue weighted by Crippen LogP contribution is -2.38. The molecule has 116 valence electrons. The SMILES string of the molecule is ON1C2CCC1CC(=C1c3ccccc3Oc3ccccc31)C2. The summed E-state index contributed by atoms with van der Waals surface area (Å²) in [4.78, 5) is 0. The van der Waals surface area contributed by atoms with E-state index in [1.54, 1.807) is 5.06 Å². The van der Waals surface area contributed by atoms with Crippen LogP contribution in [-0.2, 0) is 0 Å². The highest BCUT2D eigenvalue weighted by atomic mass is 16.5. The van der Waals surface area contributed by atoms with Gasteiger partial charge in [-0.15, -0.1) is 0 Å². The summed E-state index contributed by atoms with van der Waals surface area (Å²) in [6.45, 7) is 0. The van der Waals surface area contributed by atoms with Crippen LogP contribution in [0.25, 0.3) is 5.57 Å². The lowest BCUT2D eigenvalue weighted by Gasteiger charge is -2.34. The first-order valence-electron chi connectivity index (χ1n) is 8.37. The Morgan fingerprint density at radius 1 is 0.826 bits per heavy atom. The fraction of sp³-hybridized carbons (Fsp3) is 0.300.